The molecule has 1 aromatic heterocycles. The van der Waals surface area contributed by atoms with Crippen molar-refractivity contribution in [3.05, 3.63) is 82.8 Å². The zero-order chi connectivity index (χ0) is 17.2. The van der Waals surface area contributed by atoms with Gasteiger partial charge in [0.25, 0.3) is 5.91 Å². The minimum atomic E-state index is -0.165. The number of amides is 1. The fourth-order valence-corrected chi connectivity index (χ4v) is 2.74. The normalized spacial score (nSPS) is 10.8. The number of nitrogens with one attached hydrogen (secondary N) is 1. The number of hydrogen-bond donors (Lipinski definition) is 1. The molecule has 4 aromatic rings. The van der Waals surface area contributed by atoms with Gasteiger partial charge in [0.05, 0.1) is 5.69 Å². The van der Waals surface area contributed by atoms with Crippen molar-refractivity contribution in [1.29, 1.82) is 0 Å². The number of fused-ring (bicyclic) bond motifs is 1. The van der Waals surface area contributed by atoms with E-state index in [4.69, 9.17) is 0 Å². The van der Waals surface area contributed by atoms with Gasteiger partial charge in [0.2, 0.25) is 0 Å². The molecule has 0 aliphatic heterocycles. The van der Waals surface area contributed by atoms with Crippen LogP contribution in [-0.4, -0.2) is 20.9 Å². The van der Waals surface area contributed by atoms with Crippen LogP contribution in [-0.2, 0) is 0 Å². The van der Waals surface area contributed by atoms with Crippen LogP contribution in [0.4, 0.5) is 5.69 Å². The second kappa shape index (κ2) is 6.49. The first-order chi connectivity index (χ1) is 12.2. The summed E-state index contributed by atoms with van der Waals surface area (Å²) in [4.78, 5) is 13.9. The lowest BCUT2D eigenvalue weighted by molar-refractivity contribution is 0.102. The summed E-state index contributed by atoms with van der Waals surface area (Å²) in [5.74, 6) is -0.165. The van der Waals surface area contributed by atoms with Gasteiger partial charge < -0.3 is 5.32 Å². The highest BCUT2D eigenvalue weighted by Crippen LogP contribution is 2.19. The smallest absolute Gasteiger partial charge is 0.255 e. The van der Waals surface area contributed by atoms with E-state index in [1.807, 2.05) is 60.7 Å². The molecule has 0 aliphatic rings. The third kappa shape index (κ3) is 3.29. The molecule has 6 heteroatoms. The third-order valence-corrected chi connectivity index (χ3v) is 4.26. The number of aromatic nitrogens is 3. The summed E-state index contributed by atoms with van der Waals surface area (Å²) in [5.41, 5.74) is 3.65. The number of para-hydroxylation sites is 1. The first kappa shape index (κ1) is 15.5. The van der Waals surface area contributed by atoms with E-state index < -0.39 is 0 Å². The minimum Gasteiger partial charge on any atom is -0.322 e. The van der Waals surface area contributed by atoms with Crippen molar-refractivity contribution < 1.29 is 4.79 Å². The van der Waals surface area contributed by atoms with Crippen molar-refractivity contribution in [3.63, 3.8) is 0 Å². The van der Waals surface area contributed by atoms with Crippen LogP contribution >= 0.6 is 15.9 Å². The summed E-state index contributed by atoms with van der Waals surface area (Å²) < 4.78 is 0.933. The molecule has 0 fully saturated rings. The van der Waals surface area contributed by atoms with E-state index in [-0.39, 0.29) is 5.91 Å². The molecule has 0 atom stereocenters. The van der Waals surface area contributed by atoms with Gasteiger partial charge in [-0.1, -0.05) is 34.1 Å². The van der Waals surface area contributed by atoms with Crippen molar-refractivity contribution in [2.45, 2.75) is 0 Å². The van der Waals surface area contributed by atoms with Gasteiger partial charge in [-0.15, -0.1) is 10.2 Å². The van der Waals surface area contributed by atoms with Crippen LogP contribution < -0.4 is 5.32 Å². The molecule has 1 amide bonds. The van der Waals surface area contributed by atoms with E-state index in [2.05, 4.69) is 31.4 Å². The summed E-state index contributed by atoms with van der Waals surface area (Å²) in [6.07, 6.45) is 0. The van der Waals surface area contributed by atoms with Crippen LogP contribution in [0, 0.1) is 0 Å². The summed E-state index contributed by atoms with van der Waals surface area (Å²) >= 11 is 3.36. The van der Waals surface area contributed by atoms with Crippen molar-refractivity contribution in [2.75, 3.05) is 5.32 Å². The molecule has 25 heavy (non-hydrogen) atoms. The molecule has 0 aliphatic carbocycles. The predicted octanol–water partition coefficient (Wildman–Crippen LogP) is 4.44. The second-order valence-electron chi connectivity index (χ2n) is 5.49. The zero-order valence-corrected chi connectivity index (χ0v) is 14.6. The lowest BCUT2D eigenvalue weighted by Gasteiger charge is -2.05. The van der Waals surface area contributed by atoms with Crippen molar-refractivity contribution in [3.8, 4) is 5.69 Å². The Hall–Kier alpha value is -2.99. The number of hydrogen-bond acceptors (Lipinski definition) is 3. The monoisotopic (exact) mass is 392 g/mol. The van der Waals surface area contributed by atoms with Gasteiger partial charge in [-0.3, -0.25) is 4.79 Å². The number of anilines is 1. The molecule has 5 nitrogen and oxygen atoms in total. The van der Waals surface area contributed by atoms with E-state index in [1.54, 1.807) is 16.9 Å². The first-order valence-corrected chi connectivity index (χ1v) is 8.48. The highest BCUT2D eigenvalue weighted by Gasteiger charge is 2.09. The van der Waals surface area contributed by atoms with Crippen LogP contribution in [0.1, 0.15) is 10.4 Å². The van der Waals surface area contributed by atoms with Gasteiger partial charge in [-0.05, 0) is 54.6 Å². The third-order valence-electron chi connectivity index (χ3n) is 3.73. The Morgan fingerprint density at radius 2 is 1.60 bits per heavy atom. The standard InChI is InChI=1S/C19H13BrN4O/c20-14-8-6-13(7-9-14)19(25)21-15-10-11-17-18(12-15)23-24(22-17)16-4-2-1-3-5-16/h1-12H,(H,21,25). The van der Waals surface area contributed by atoms with Gasteiger partial charge in [-0.2, -0.15) is 4.80 Å². The lowest BCUT2D eigenvalue weighted by Crippen LogP contribution is -2.11. The topological polar surface area (TPSA) is 59.8 Å². The fourth-order valence-electron chi connectivity index (χ4n) is 2.47. The van der Waals surface area contributed by atoms with Gasteiger partial charge >= 0.3 is 0 Å². The molecular formula is C19H13BrN4O. The van der Waals surface area contributed by atoms with E-state index in [9.17, 15) is 4.79 Å². The van der Waals surface area contributed by atoms with Gasteiger partial charge in [0, 0.05) is 15.7 Å². The number of halogens is 1. The average Bonchev–Trinajstić information content (AvgIpc) is 3.06. The number of carbonyl (C=O) groups excluding carboxylic acids is 1. The number of benzene rings is 3. The highest BCUT2D eigenvalue weighted by molar-refractivity contribution is 9.10. The van der Waals surface area contributed by atoms with E-state index in [1.165, 1.54) is 0 Å². The Bertz CT molecular complexity index is 1040. The maximum absolute atomic E-state index is 12.3. The van der Waals surface area contributed by atoms with Crippen molar-refractivity contribution >= 4 is 38.6 Å². The Balaban J connectivity index is 1.61. The fraction of sp³-hybridized carbons (Fsp3) is 0. The molecule has 4 rings (SSSR count). The summed E-state index contributed by atoms with van der Waals surface area (Å²) in [5, 5.41) is 11.8. The molecule has 0 radical (unpaired) electrons. The Morgan fingerprint density at radius 1 is 0.880 bits per heavy atom. The predicted molar refractivity (Wildman–Crippen MR) is 101 cm³/mol. The van der Waals surface area contributed by atoms with Crippen LogP contribution in [0.2, 0.25) is 0 Å². The molecule has 0 spiro atoms. The Morgan fingerprint density at radius 3 is 2.36 bits per heavy atom. The average molecular weight is 393 g/mol. The van der Waals surface area contributed by atoms with Gasteiger partial charge in [-0.25, -0.2) is 0 Å². The molecule has 0 saturated heterocycles. The quantitative estimate of drug-likeness (QED) is 0.560. The Labute approximate surface area is 152 Å². The highest BCUT2D eigenvalue weighted by atomic mass is 79.9. The lowest BCUT2D eigenvalue weighted by atomic mass is 10.2. The largest absolute Gasteiger partial charge is 0.322 e. The molecule has 3 aromatic carbocycles. The number of nitrogens with zero attached hydrogens (tertiary/aromatic N) is 3. The van der Waals surface area contributed by atoms with E-state index in [0.29, 0.717) is 11.3 Å². The number of carbonyl (C=O) groups is 1. The van der Waals surface area contributed by atoms with Crippen LogP contribution in [0.25, 0.3) is 16.7 Å². The summed E-state index contributed by atoms with van der Waals surface area (Å²) in [7, 11) is 0. The van der Waals surface area contributed by atoms with Crippen LogP contribution in [0.15, 0.2) is 77.3 Å². The minimum absolute atomic E-state index is 0.165. The maximum atomic E-state index is 12.3. The second-order valence-corrected chi connectivity index (χ2v) is 6.41. The first-order valence-electron chi connectivity index (χ1n) is 7.68. The van der Waals surface area contributed by atoms with Crippen molar-refractivity contribution in [2.24, 2.45) is 0 Å². The van der Waals surface area contributed by atoms with Gasteiger partial charge in [0.1, 0.15) is 11.0 Å². The number of rotatable bonds is 3. The van der Waals surface area contributed by atoms with Crippen molar-refractivity contribution in [1.82, 2.24) is 15.0 Å². The molecule has 122 valence electrons. The van der Waals surface area contributed by atoms with Crippen LogP contribution in [0.3, 0.4) is 0 Å². The molecule has 0 unspecified atom stereocenters. The molecule has 1 heterocycles. The molecule has 0 bridgehead atoms. The summed E-state index contributed by atoms with van der Waals surface area (Å²) in [6.45, 7) is 0. The maximum Gasteiger partial charge on any atom is 0.255 e. The zero-order valence-electron chi connectivity index (χ0n) is 13.1. The van der Waals surface area contributed by atoms with Gasteiger partial charge in [0.15, 0.2) is 0 Å². The molecule has 0 saturated carbocycles. The van der Waals surface area contributed by atoms with E-state index >= 15 is 0 Å². The SMILES string of the molecule is O=C(Nc1ccc2nn(-c3ccccc3)nc2c1)c1ccc(Br)cc1. The Kier molecular flexibility index (Phi) is 4.03. The molecular weight excluding hydrogens is 380 g/mol. The van der Waals surface area contributed by atoms with E-state index in [0.717, 1.165) is 21.2 Å². The van der Waals surface area contributed by atoms with Crippen LogP contribution in [0.5, 0.6) is 0 Å². The molecule has 1 N–H and O–H groups in total. The summed E-state index contributed by atoms with van der Waals surface area (Å²) in [6, 6.07) is 22.4.